The Bertz CT molecular complexity index is 646. The molecule has 2 aromatic heterocycles. The van der Waals surface area contributed by atoms with Crippen molar-refractivity contribution in [3.05, 3.63) is 33.8 Å². The highest BCUT2D eigenvalue weighted by molar-refractivity contribution is 7.09. The number of hydrogen-bond acceptors (Lipinski definition) is 4. The summed E-state index contributed by atoms with van der Waals surface area (Å²) in [6, 6.07) is 0.197. The van der Waals surface area contributed by atoms with E-state index in [1.807, 2.05) is 12.3 Å². The van der Waals surface area contributed by atoms with Gasteiger partial charge in [-0.2, -0.15) is 0 Å². The first-order valence-electron chi connectivity index (χ1n) is 7.39. The van der Waals surface area contributed by atoms with Gasteiger partial charge in [0, 0.05) is 30.6 Å². The fourth-order valence-corrected chi connectivity index (χ4v) is 3.48. The fraction of sp³-hybridized carbons (Fsp3) is 0.533. The number of carbonyl (C=O) groups excluding carboxylic acids is 1. The Labute approximate surface area is 128 Å². The maximum Gasteiger partial charge on any atom is 0.226 e. The van der Waals surface area contributed by atoms with E-state index in [9.17, 15) is 4.79 Å². The van der Waals surface area contributed by atoms with Gasteiger partial charge in [-0.05, 0) is 19.8 Å². The topological polar surface area (TPSA) is 59.8 Å². The summed E-state index contributed by atoms with van der Waals surface area (Å²) in [5.74, 6) is 1.19. The van der Waals surface area contributed by atoms with Crippen molar-refractivity contribution in [2.45, 2.75) is 52.1 Å². The number of amides is 1. The molecular formula is C15H20N4OS. The fourth-order valence-electron chi connectivity index (χ4n) is 2.74. The smallest absolute Gasteiger partial charge is 0.226 e. The third-order valence-electron chi connectivity index (χ3n) is 3.72. The van der Waals surface area contributed by atoms with E-state index in [-0.39, 0.29) is 11.9 Å². The van der Waals surface area contributed by atoms with Crippen molar-refractivity contribution in [1.82, 2.24) is 19.9 Å². The van der Waals surface area contributed by atoms with Crippen LogP contribution in [0.3, 0.4) is 0 Å². The van der Waals surface area contributed by atoms with Gasteiger partial charge in [0.15, 0.2) is 0 Å². The molecule has 3 heterocycles. The number of nitrogens with one attached hydrogen (secondary N) is 1. The Kier molecular flexibility index (Phi) is 4.05. The minimum absolute atomic E-state index is 0.0632. The number of nitrogens with zero attached hydrogens (tertiary/aromatic N) is 3. The number of rotatable bonds is 4. The molecule has 1 atom stereocenters. The van der Waals surface area contributed by atoms with Crippen LogP contribution in [0.25, 0.3) is 0 Å². The Hall–Kier alpha value is -1.69. The van der Waals surface area contributed by atoms with Crippen LogP contribution in [0.2, 0.25) is 0 Å². The quantitative estimate of drug-likeness (QED) is 0.938. The Morgan fingerprint density at radius 1 is 1.52 bits per heavy atom. The maximum absolute atomic E-state index is 12.1. The molecule has 0 saturated heterocycles. The minimum Gasteiger partial charge on any atom is -0.351 e. The molecule has 21 heavy (non-hydrogen) atoms. The van der Waals surface area contributed by atoms with E-state index in [1.54, 1.807) is 11.3 Å². The highest BCUT2D eigenvalue weighted by atomic mass is 32.1. The van der Waals surface area contributed by atoms with Gasteiger partial charge >= 0.3 is 0 Å². The number of aryl methyl sites for hydroxylation is 3. The molecule has 0 fully saturated rings. The lowest BCUT2D eigenvalue weighted by Crippen LogP contribution is -2.41. The van der Waals surface area contributed by atoms with E-state index in [0.29, 0.717) is 6.42 Å². The molecule has 0 radical (unpaired) electrons. The molecule has 1 aliphatic rings. The minimum atomic E-state index is 0.0632. The van der Waals surface area contributed by atoms with Gasteiger partial charge in [0.25, 0.3) is 0 Å². The first-order chi connectivity index (χ1) is 10.1. The zero-order valence-corrected chi connectivity index (χ0v) is 13.2. The molecule has 1 aliphatic heterocycles. The van der Waals surface area contributed by atoms with Crippen LogP contribution < -0.4 is 5.32 Å². The highest BCUT2D eigenvalue weighted by Crippen LogP contribution is 2.15. The summed E-state index contributed by atoms with van der Waals surface area (Å²) in [6.45, 7) is 4.90. The zero-order valence-electron chi connectivity index (χ0n) is 12.4. The molecule has 0 aliphatic carbocycles. The average Bonchev–Trinajstić information content (AvgIpc) is 3.03. The molecule has 6 heteroatoms. The summed E-state index contributed by atoms with van der Waals surface area (Å²) in [5, 5.41) is 6.20. The highest BCUT2D eigenvalue weighted by Gasteiger charge is 2.21. The summed E-state index contributed by atoms with van der Waals surface area (Å²) in [6.07, 6.45) is 5.25. The first kappa shape index (κ1) is 14.3. The van der Waals surface area contributed by atoms with Crippen LogP contribution in [-0.4, -0.2) is 26.5 Å². The second kappa shape index (κ2) is 5.97. The van der Waals surface area contributed by atoms with Gasteiger partial charge in [-0.1, -0.05) is 6.92 Å². The molecule has 2 aromatic rings. The molecule has 0 spiro atoms. The van der Waals surface area contributed by atoms with Crippen molar-refractivity contribution in [2.24, 2.45) is 0 Å². The van der Waals surface area contributed by atoms with Crippen molar-refractivity contribution >= 4 is 17.2 Å². The average molecular weight is 304 g/mol. The van der Waals surface area contributed by atoms with E-state index < -0.39 is 0 Å². The zero-order chi connectivity index (χ0) is 14.8. The molecule has 0 unspecified atom stereocenters. The monoisotopic (exact) mass is 304 g/mol. The number of imidazole rings is 1. The van der Waals surface area contributed by atoms with Crippen LogP contribution >= 0.6 is 11.3 Å². The van der Waals surface area contributed by atoms with Crippen LogP contribution in [0.15, 0.2) is 11.6 Å². The number of carbonyl (C=O) groups is 1. The lowest BCUT2D eigenvalue weighted by Gasteiger charge is -2.24. The van der Waals surface area contributed by atoms with Gasteiger partial charge in [-0.3, -0.25) is 4.79 Å². The predicted octanol–water partition coefficient (Wildman–Crippen LogP) is 1.88. The molecule has 0 saturated carbocycles. The lowest BCUT2D eigenvalue weighted by molar-refractivity contribution is -0.121. The molecule has 0 bridgehead atoms. The second-order valence-electron chi connectivity index (χ2n) is 5.52. The third-order valence-corrected chi connectivity index (χ3v) is 4.76. The van der Waals surface area contributed by atoms with Crippen molar-refractivity contribution in [2.75, 3.05) is 0 Å². The van der Waals surface area contributed by atoms with Crippen molar-refractivity contribution < 1.29 is 4.79 Å². The van der Waals surface area contributed by atoms with Gasteiger partial charge in [-0.25, -0.2) is 9.97 Å². The van der Waals surface area contributed by atoms with E-state index >= 15 is 0 Å². The number of thiazole rings is 1. The molecule has 3 rings (SSSR count). The van der Waals surface area contributed by atoms with E-state index in [2.05, 4.69) is 33.0 Å². The van der Waals surface area contributed by atoms with Crippen LogP contribution in [0.4, 0.5) is 0 Å². The van der Waals surface area contributed by atoms with Gasteiger partial charge in [0.2, 0.25) is 5.91 Å². The van der Waals surface area contributed by atoms with Gasteiger partial charge in [-0.15, -0.1) is 11.3 Å². The maximum atomic E-state index is 12.1. The molecule has 0 aromatic carbocycles. The lowest BCUT2D eigenvalue weighted by atomic mass is 10.1. The summed E-state index contributed by atoms with van der Waals surface area (Å²) in [4.78, 5) is 21.1. The molecule has 5 nitrogen and oxygen atoms in total. The number of fused-ring (bicyclic) bond motifs is 1. The molecule has 1 amide bonds. The first-order valence-corrected chi connectivity index (χ1v) is 8.27. The Morgan fingerprint density at radius 3 is 3.14 bits per heavy atom. The van der Waals surface area contributed by atoms with Crippen molar-refractivity contribution in [3.8, 4) is 0 Å². The summed E-state index contributed by atoms with van der Waals surface area (Å²) in [7, 11) is 0. The Morgan fingerprint density at radius 2 is 2.38 bits per heavy atom. The second-order valence-corrected chi connectivity index (χ2v) is 6.46. The van der Waals surface area contributed by atoms with E-state index in [0.717, 1.165) is 48.0 Å². The third kappa shape index (κ3) is 3.32. The largest absolute Gasteiger partial charge is 0.351 e. The van der Waals surface area contributed by atoms with E-state index in [1.165, 1.54) is 0 Å². The van der Waals surface area contributed by atoms with Crippen LogP contribution in [0.5, 0.6) is 0 Å². The summed E-state index contributed by atoms with van der Waals surface area (Å²) >= 11 is 1.63. The number of hydrogen-bond donors (Lipinski definition) is 1. The predicted molar refractivity (Wildman–Crippen MR) is 82.4 cm³/mol. The molecule has 1 N–H and O–H groups in total. The summed E-state index contributed by atoms with van der Waals surface area (Å²) < 4.78 is 2.15. The Balaban J connectivity index is 1.56. The molecular weight excluding hydrogens is 284 g/mol. The summed E-state index contributed by atoms with van der Waals surface area (Å²) in [5.41, 5.74) is 1.93. The van der Waals surface area contributed by atoms with E-state index in [4.69, 9.17) is 0 Å². The van der Waals surface area contributed by atoms with Gasteiger partial charge in [0.1, 0.15) is 5.82 Å². The van der Waals surface area contributed by atoms with Crippen molar-refractivity contribution in [3.63, 3.8) is 0 Å². The normalized spacial score (nSPS) is 17.5. The number of aromatic nitrogens is 3. The van der Waals surface area contributed by atoms with Gasteiger partial charge in [0.05, 0.1) is 22.8 Å². The van der Waals surface area contributed by atoms with Crippen molar-refractivity contribution in [1.29, 1.82) is 0 Å². The van der Waals surface area contributed by atoms with Crippen LogP contribution in [-0.2, 0) is 30.6 Å². The van der Waals surface area contributed by atoms with Crippen LogP contribution in [0.1, 0.15) is 35.6 Å². The SMILES string of the molecule is CCc1nc(CC(=O)N[C@H]2CCc3nc(C)cn3C2)cs1. The standard InChI is InChI=1S/C15H20N4OS/c1-3-15-18-12(9-21-15)6-14(20)17-11-4-5-13-16-10(2)7-19(13)8-11/h7,9,11H,3-6,8H2,1-2H3,(H,17,20)/t11-/m0/s1. The van der Waals surface area contributed by atoms with Crippen LogP contribution in [0, 0.1) is 6.92 Å². The molecule has 112 valence electrons. The van der Waals surface area contributed by atoms with Gasteiger partial charge < -0.3 is 9.88 Å².